The van der Waals surface area contributed by atoms with E-state index in [0.29, 0.717) is 0 Å². The fourth-order valence-corrected chi connectivity index (χ4v) is 1.51. The van der Waals surface area contributed by atoms with Crippen LogP contribution in [0.25, 0.3) is 6.08 Å². The van der Waals surface area contributed by atoms with Gasteiger partial charge in [-0.05, 0) is 12.1 Å². The molecule has 1 aliphatic heterocycles. The molecule has 0 saturated heterocycles. The topological polar surface area (TPSA) is 29.5 Å². The first-order valence-electron chi connectivity index (χ1n) is 3.65. The van der Waals surface area contributed by atoms with Crippen molar-refractivity contribution in [3.05, 3.63) is 35.9 Å². The van der Waals surface area contributed by atoms with Crippen LogP contribution in [-0.4, -0.2) is 10.5 Å². The molecule has 0 bridgehead atoms. The van der Waals surface area contributed by atoms with Crippen molar-refractivity contribution in [1.29, 1.82) is 0 Å². The van der Waals surface area contributed by atoms with Crippen molar-refractivity contribution in [3.8, 4) is 5.75 Å². The molecule has 1 heterocycles. The minimum atomic E-state index is -0.572. The molecule has 0 saturated carbocycles. The van der Waals surface area contributed by atoms with Crippen LogP contribution in [0.4, 0.5) is 0 Å². The van der Waals surface area contributed by atoms with Crippen LogP contribution in [0.3, 0.4) is 0 Å². The van der Waals surface area contributed by atoms with Crippen molar-refractivity contribution in [2.45, 2.75) is 5.44 Å². The van der Waals surface area contributed by atoms with Gasteiger partial charge in [-0.15, -0.1) is 0 Å². The highest BCUT2D eigenvalue weighted by atomic mass is 32.2. The van der Waals surface area contributed by atoms with Crippen molar-refractivity contribution < 1.29 is 9.29 Å². The smallest absolute Gasteiger partial charge is 0.155 e. The molecule has 2 rings (SSSR count). The summed E-state index contributed by atoms with van der Waals surface area (Å²) in [6.45, 7) is 0. The number of hydrogen-bond acceptors (Lipinski definition) is 3. The molecular weight excluding hydrogens is 172 g/mol. The summed E-state index contributed by atoms with van der Waals surface area (Å²) in [6, 6.07) is 7.68. The Morgan fingerprint density at radius 1 is 1.33 bits per heavy atom. The van der Waals surface area contributed by atoms with E-state index >= 15 is 0 Å². The third-order valence-electron chi connectivity index (χ3n) is 1.60. The van der Waals surface area contributed by atoms with Gasteiger partial charge in [-0.2, -0.15) is 0 Å². The summed E-state index contributed by atoms with van der Waals surface area (Å²) in [5.41, 5.74) is 0.430. The van der Waals surface area contributed by atoms with Crippen molar-refractivity contribution in [1.82, 2.24) is 0 Å². The number of benzene rings is 1. The maximum atomic E-state index is 9.21. The van der Waals surface area contributed by atoms with Gasteiger partial charge in [0.2, 0.25) is 0 Å². The van der Waals surface area contributed by atoms with Gasteiger partial charge in [0, 0.05) is 5.56 Å². The standard InChI is InChI=1S/C9H8O2S/c10-9-6-5-7-3-1-2-4-8(7)11-12-9/h1-6,9-10H. The van der Waals surface area contributed by atoms with Gasteiger partial charge >= 0.3 is 0 Å². The van der Waals surface area contributed by atoms with E-state index in [1.165, 1.54) is 0 Å². The predicted molar refractivity (Wildman–Crippen MR) is 49.7 cm³/mol. The molecule has 1 aromatic rings. The van der Waals surface area contributed by atoms with E-state index in [2.05, 4.69) is 0 Å². The van der Waals surface area contributed by atoms with Gasteiger partial charge in [-0.1, -0.05) is 24.3 Å². The Bertz CT molecular complexity index is 309. The molecule has 0 aliphatic carbocycles. The minimum Gasteiger partial charge on any atom is -0.422 e. The van der Waals surface area contributed by atoms with Crippen molar-refractivity contribution >= 4 is 18.1 Å². The van der Waals surface area contributed by atoms with Gasteiger partial charge in [0.1, 0.15) is 5.75 Å². The van der Waals surface area contributed by atoms with E-state index in [1.54, 1.807) is 6.08 Å². The van der Waals surface area contributed by atoms with Crippen LogP contribution in [-0.2, 0) is 0 Å². The van der Waals surface area contributed by atoms with Crippen LogP contribution in [0.5, 0.6) is 5.75 Å². The van der Waals surface area contributed by atoms with E-state index in [9.17, 15) is 5.11 Å². The van der Waals surface area contributed by atoms with Crippen LogP contribution in [0.2, 0.25) is 0 Å². The Hall–Kier alpha value is -0.930. The average molecular weight is 180 g/mol. The van der Waals surface area contributed by atoms with Crippen LogP contribution in [0.15, 0.2) is 30.3 Å². The SMILES string of the molecule is OC1C=Cc2ccccc2OS1. The van der Waals surface area contributed by atoms with Gasteiger partial charge < -0.3 is 9.29 Å². The first kappa shape index (κ1) is 7.71. The second-order valence-electron chi connectivity index (χ2n) is 2.47. The summed E-state index contributed by atoms with van der Waals surface area (Å²) in [5, 5.41) is 9.21. The lowest BCUT2D eigenvalue weighted by Crippen LogP contribution is -1.95. The van der Waals surface area contributed by atoms with Crippen LogP contribution in [0, 0.1) is 0 Å². The zero-order chi connectivity index (χ0) is 8.39. The maximum absolute atomic E-state index is 9.21. The quantitative estimate of drug-likeness (QED) is 0.620. The molecule has 0 aromatic heterocycles. The number of aliphatic hydroxyl groups is 1. The second kappa shape index (κ2) is 3.21. The summed E-state index contributed by atoms with van der Waals surface area (Å²) in [6.07, 6.45) is 3.57. The number of para-hydroxylation sites is 1. The lowest BCUT2D eigenvalue weighted by atomic mass is 10.2. The van der Waals surface area contributed by atoms with E-state index in [1.807, 2.05) is 30.3 Å². The molecule has 1 aliphatic rings. The van der Waals surface area contributed by atoms with E-state index in [-0.39, 0.29) is 0 Å². The zero-order valence-corrected chi connectivity index (χ0v) is 7.12. The summed E-state index contributed by atoms with van der Waals surface area (Å²) < 4.78 is 5.26. The summed E-state index contributed by atoms with van der Waals surface area (Å²) in [5.74, 6) is 0.801. The lowest BCUT2D eigenvalue weighted by Gasteiger charge is -2.04. The first-order valence-corrected chi connectivity index (χ1v) is 4.45. The third-order valence-corrected chi connectivity index (χ3v) is 2.23. The second-order valence-corrected chi connectivity index (χ2v) is 3.31. The normalized spacial score (nSPS) is 20.9. The molecule has 62 valence electrons. The zero-order valence-electron chi connectivity index (χ0n) is 6.31. The number of fused-ring (bicyclic) bond motifs is 1. The monoisotopic (exact) mass is 180 g/mol. The molecular formula is C9H8O2S. The Balaban J connectivity index is 2.39. The van der Waals surface area contributed by atoms with Gasteiger partial charge in [-0.3, -0.25) is 0 Å². The largest absolute Gasteiger partial charge is 0.422 e. The third kappa shape index (κ3) is 1.47. The van der Waals surface area contributed by atoms with Crippen molar-refractivity contribution in [2.24, 2.45) is 0 Å². The highest BCUT2D eigenvalue weighted by molar-refractivity contribution is 7.95. The fourth-order valence-electron chi connectivity index (χ4n) is 1.01. The number of aliphatic hydroxyl groups excluding tert-OH is 1. The molecule has 12 heavy (non-hydrogen) atoms. The first-order chi connectivity index (χ1) is 5.86. The van der Waals surface area contributed by atoms with Crippen molar-refractivity contribution in [2.75, 3.05) is 0 Å². The van der Waals surface area contributed by atoms with Gasteiger partial charge in [0.15, 0.2) is 5.44 Å². The predicted octanol–water partition coefficient (Wildman–Crippen LogP) is 2.06. The summed E-state index contributed by atoms with van der Waals surface area (Å²) >= 11 is 1.05. The number of hydrogen-bond donors (Lipinski definition) is 1. The fraction of sp³-hybridized carbons (Fsp3) is 0.111. The van der Waals surface area contributed by atoms with Gasteiger partial charge in [-0.25, -0.2) is 0 Å². The summed E-state index contributed by atoms with van der Waals surface area (Å²) in [7, 11) is 0. The van der Waals surface area contributed by atoms with E-state index < -0.39 is 5.44 Å². The molecule has 2 nitrogen and oxygen atoms in total. The maximum Gasteiger partial charge on any atom is 0.155 e. The Labute approximate surface area is 75.1 Å². The molecule has 0 radical (unpaired) electrons. The van der Waals surface area contributed by atoms with Crippen molar-refractivity contribution in [3.63, 3.8) is 0 Å². The van der Waals surface area contributed by atoms with Gasteiger partial charge in [0.25, 0.3) is 0 Å². The molecule has 0 amide bonds. The highest BCUT2D eigenvalue weighted by Gasteiger charge is 2.09. The molecule has 1 N–H and O–H groups in total. The average Bonchev–Trinajstić information content (AvgIpc) is 2.29. The Morgan fingerprint density at radius 3 is 3.08 bits per heavy atom. The minimum absolute atomic E-state index is 0.572. The van der Waals surface area contributed by atoms with Crippen LogP contribution in [0.1, 0.15) is 5.56 Å². The van der Waals surface area contributed by atoms with E-state index in [4.69, 9.17) is 4.18 Å². The Morgan fingerprint density at radius 2 is 2.17 bits per heavy atom. The van der Waals surface area contributed by atoms with Crippen LogP contribution < -0.4 is 4.18 Å². The molecule has 1 aromatic carbocycles. The molecule has 3 heteroatoms. The molecule has 0 fully saturated rings. The molecule has 1 atom stereocenters. The Kier molecular flexibility index (Phi) is 2.06. The summed E-state index contributed by atoms with van der Waals surface area (Å²) in [4.78, 5) is 0. The highest BCUT2D eigenvalue weighted by Crippen LogP contribution is 2.28. The number of rotatable bonds is 0. The molecule has 0 spiro atoms. The molecule has 1 unspecified atom stereocenters. The van der Waals surface area contributed by atoms with Gasteiger partial charge in [0.05, 0.1) is 12.0 Å². The van der Waals surface area contributed by atoms with E-state index in [0.717, 1.165) is 23.4 Å². The van der Waals surface area contributed by atoms with Crippen LogP contribution >= 0.6 is 12.0 Å². The lowest BCUT2D eigenvalue weighted by molar-refractivity contribution is 0.304.